The predicted molar refractivity (Wildman–Crippen MR) is 87.3 cm³/mol. The summed E-state index contributed by atoms with van der Waals surface area (Å²) >= 11 is 0. The van der Waals surface area contributed by atoms with Gasteiger partial charge in [0.1, 0.15) is 5.78 Å². The molecule has 0 aliphatic heterocycles. The van der Waals surface area contributed by atoms with E-state index in [9.17, 15) is 9.90 Å². The van der Waals surface area contributed by atoms with Gasteiger partial charge in [-0.1, -0.05) is 27.2 Å². The topological polar surface area (TPSA) is 37.3 Å². The van der Waals surface area contributed by atoms with Gasteiger partial charge in [0.15, 0.2) is 0 Å². The van der Waals surface area contributed by atoms with E-state index in [1.165, 1.54) is 32.1 Å². The minimum absolute atomic E-state index is 0.160. The highest BCUT2D eigenvalue weighted by Crippen LogP contribution is 2.66. The van der Waals surface area contributed by atoms with Crippen LogP contribution in [0, 0.1) is 40.4 Å². The summed E-state index contributed by atoms with van der Waals surface area (Å²) in [6, 6.07) is 0. The fourth-order valence-electron chi connectivity index (χ4n) is 7.36. The molecule has 0 bridgehead atoms. The zero-order valence-electron chi connectivity index (χ0n) is 14.5. The van der Waals surface area contributed by atoms with Gasteiger partial charge >= 0.3 is 0 Å². The van der Waals surface area contributed by atoms with Crippen LogP contribution >= 0.6 is 0 Å². The van der Waals surface area contributed by atoms with Crippen molar-refractivity contribution in [1.82, 2.24) is 0 Å². The molecular weight excluding hydrogens is 272 g/mol. The Labute approximate surface area is 135 Å². The van der Waals surface area contributed by atoms with Crippen LogP contribution in [0.25, 0.3) is 0 Å². The van der Waals surface area contributed by atoms with Crippen molar-refractivity contribution in [2.45, 2.75) is 78.2 Å². The van der Waals surface area contributed by atoms with Crippen molar-refractivity contribution in [2.24, 2.45) is 40.4 Å². The van der Waals surface area contributed by atoms with E-state index in [1.54, 1.807) is 0 Å². The van der Waals surface area contributed by atoms with Crippen LogP contribution in [-0.2, 0) is 4.79 Å². The molecule has 3 unspecified atom stereocenters. The number of hydrogen-bond donors (Lipinski definition) is 1. The maximum absolute atomic E-state index is 12.2. The number of carbonyl (C=O) groups is 1. The molecule has 4 aliphatic rings. The molecule has 4 fully saturated rings. The van der Waals surface area contributed by atoms with E-state index in [4.69, 9.17) is 0 Å². The lowest BCUT2D eigenvalue weighted by atomic mass is 9.44. The third-order valence-electron chi connectivity index (χ3n) is 8.61. The van der Waals surface area contributed by atoms with Gasteiger partial charge < -0.3 is 5.11 Å². The molecule has 4 saturated carbocycles. The number of Topliss-reactive ketones (excluding diaryl/α,β-unsaturated/α-hetero) is 1. The van der Waals surface area contributed by atoms with E-state index in [0.29, 0.717) is 34.4 Å². The number of aliphatic hydroxyl groups excluding tert-OH is 1. The molecule has 8 atom stereocenters. The Morgan fingerprint density at radius 2 is 1.91 bits per heavy atom. The van der Waals surface area contributed by atoms with Gasteiger partial charge in [-0.15, -0.1) is 0 Å². The molecule has 0 amide bonds. The molecular formula is C20H32O2. The van der Waals surface area contributed by atoms with Gasteiger partial charge in [-0.05, 0) is 73.0 Å². The molecule has 4 rings (SSSR count). The Balaban J connectivity index is 1.69. The van der Waals surface area contributed by atoms with Crippen molar-refractivity contribution in [3.8, 4) is 0 Å². The molecule has 4 aliphatic carbocycles. The Morgan fingerprint density at radius 3 is 2.68 bits per heavy atom. The molecule has 0 radical (unpaired) electrons. The summed E-state index contributed by atoms with van der Waals surface area (Å²) in [7, 11) is 0. The van der Waals surface area contributed by atoms with E-state index in [1.807, 2.05) is 0 Å². The van der Waals surface area contributed by atoms with Crippen molar-refractivity contribution in [1.29, 1.82) is 0 Å². The van der Waals surface area contributed by atoms with E-state index in [-0.39, 0.29) is 12.0 Å². The number of fused-ring (bicyclic) bond motifs is 5. The van der Waals surface area contributed by atoms with Crippen LogP contribution in [0.15, 0.2) is 0 Å². The highest BCUT2D eigenvalue weighted by Gasteiger charge is 2.61. The van der Waals surface area contributed by atoms with Crippen molar-refractivity contribution < 1.29 is 9.90 Å². The van der Waals surface area contributed by atoms with E-state index in [2.05, 4.69) is 20.8 Å². The standard InChI is InChI=1S/C20H32O2/c1-12-11-20(3)13(9-16(12)21)10-17(22)18-14-5-4-7-19(14,2)8-6-15(18)20/h12-15,17-18,22H,4-11H2,1-3H3/t12?,13?,14-,15+,17?,18-,19-,20-/m0/s1. The van der Waals surface area contributed by atoms with Crippen LogP contribution in [-0.4, -0.2) is 17.0 Å². The lowest BCUT2D eigenvalue weighted by Gasteiger charge is -2.61. The number of rotatable bonds is 0. The summed E-state index contributed by atoms with van der Waals surface area (Å²) < 4.78 is 0. The quantitative estimate of drug-likeness (QED) is 0.728. The summed E-state index contributed by atoms with van der Waals surface area (Å²) in [5.41, 5.74) is 0.780. The molecule has 2 nitrogen and oxygen atoms in total. The van der Waals surface area contributed by atoms with Gasteiger partial charge in [-0.3, -0.25) is 4.79 Å². The van der Waals surface area contributed by atoms with Crippen LogP contribution in [0.3, 0.4) is 0 Å². The zero-order valence-corrected chi connectivity index (χ0v) is 14.5. The monoisotopic (exact) mass is 304 g/mol. The van der Waals surface area contributed by atoms with Crippen molar-refractivity contribution in [2.75, 3.05) is 0 Å². The summed E-state index contributed by atoms with van der Waals surface area (Å²) in [6.07, 6.45) is 9.17. The second-order valence-electron chi connectivity index (χ2n) is 9.66. The third-order valence-corrected chi connectivity index (χ3v) is 8.61. The molecule has 0 aromatic rings. The molecule has 0 saturated heterocycles. The molecule has 1 N–H and O–H groups in total. The second kappa shape index (κ2) is 4.82. The molecule has 2 heteroatoms. The van der Waals surface area contributed by atoms with Gasteiger partial charge in [0, 0.05) is 12.3 Å². The number of ketones is 1. The van der Waals surface area contributed by atoms with Gasteiger partial charge in [0.2, 0.25) is 0 Å². The molecule has 0 heterocycles. The second-order valence-corrected chi connectivity index (χ2v) is 9.66. The first-order valence-corrected chi connectivity index (χ1v) is 9.56. The van der Waals surface area contributed by atoms with Crippen LogP contribution < -0.4 is 0 Å². The SMILES string of the molecule is CC1C[C@@]2(C)C(CC1=O)CC(O)[C@@H]1[C@H]2CC[C@]2(C)CCC[C@@H]12. The minimum atomic E-state index is -0.160. The average molecular weight is 304 g/mol. The van der Waals surface area contributed by atoms with Crippen LogP contribution in [0.1, 0.15) is 72.1 Å². The number of carbonyl (C=O) groups excluding carboxylic acids is 1. The first-order valence-electron chi connectivity index (χ1n) is 9.56. The summed E-state index contributed by atoms with van der Waals surface area (Å²) in [6.45, 7) is 7.07. The molecule has 0 spiro atoms. The fourth-order valence-corrected chi connectivity index (χ4v) is 7.36. The smallest absolute Gasteiger partial charge is 0.136 e. The Hall–Kier alpha value is -0.370. The van der Waals surface area contributed by atoms with Crippen molar-refractivity contribution in [3.63, 3.8) is 0 Å². The Bertz CT molecular complexity index is 486. The third kappa shape index (κ3) is 1.92. The lowest BCUT2D eigenvalue weighted by Crippen LogP contribution is -2.58. The van der Waals surface area contributed by atoms with Crippen LogP contribution in [0.5, 0.6) is 0 Å². The van der Waals surface area contributed by atoms with Gasteiger partial charge in [0.25, 0.3) is 0 Å². The summed E-state index contributed by atoms with van der Waals surface area (Å²) in [5.74, 6) is 2.98. The van der Waals surface area contributed by atoms with E-state index in [0.717, 1.165) is 25.2 Å². The van der Waals surface area contributed by atoms with E-state index < -0.39 is 0 Å². The van der Waals surface area contributed by atoms with Gasteiger partial charge in [0.05, 0.1) is 6.10 Å². The molecule has 22 heavy (non-hydrogen) atoms. The number of aliphatic hydroxyl groups is 1. The average Bonchev–Trinajstić information content (AvgIpc) is 2.84. The Morgan fingerprint density at radius 1 is 1.14 bits per heavy atom. The Kier molecular flexibility index (Phi) is 3.32. The molecule has 124 valence electrons. The first kappa shape index (κ1) is 15.2. The van der Waals surface area contributed by atoms with Gasteiger partial charge in [-0.2, -0.15) is 0 Å². The zero-order chi connectivity index (χ0) is 15.7. The largest absolute Gasteiger partial charge is 0.393 e. The van der Waals surface area contributed by atoms with Crippen LogP contribution in [0.4, 0.5) is 0 Å². The first-order chi connectivity index (χ1) is 10.3. The molecule has 0 aromatic heterocycles. The van der Waals surface area contributed by atoms with Crippen molar-refractivity contribution in [3.05, 3.63) is 0 Å². The fraction of sp³-hybridized carbons (Fsp3) is 0.950. The summed E-state index contributed by atoms with van der Waals surface area (Å²) in [4.78, 5) is 12.2. The maximum atomic E-state index is 12.2. The molecule has 0 aromatic carbocycles. The summed E-state index contributed by atoms with van der Waals surface area (Å²) in [5, 5.41) is 11.0. The lowest BCUT2D eigenvalue weighted by molar-refractivity contribution is -0.169. The maximum Gasteiger partial charge on any atom is 0.136 e. The van der Waals surface area contributed by atoms with Gasteiger partial charge in [-0.25, -0.2) is 0 Å². The normalized spacial score (nSPS) is 57.9. The highest BCUT2D eigenvalue weighted by atomic mass is 16.3. The number of hydrogen-bond acceptors (Lipinski definition) is 2. The minimum Gasteiger partial charge on any atom is -0.393 e. The highest BCUT2D eigenvalue weighted by molar-refractivity contribution is 5.82. The van der Waals surface area contributed by atoms with Crippen LogP contribution in [0.2, 0.25) is 0 Å². The van der Waals surface area contributed by atoms with Crippen molar-refractivity contribution >= 4 is 5.78 Å². The van der Waals surface area contributed by atoms with E-state index >= 15 is 0 Å². The predicted octanol–water partition coefficient (Wildman–Crippen LogP) is 4.21.